The Labute approximate surface area is 85.0 Å². The van der Waals surface area contributed by atoms with E-state index in [1.54, 1.807) is 6.08 Å². The van der Waals surface area contributed by atoms with Crippen molar-refractivity contribution in [2.75, 3.05) is 19.6 Å². The van der Waals surface area contributed by atoms with Gasteiger partial charge in [0.25, 0.3) is 0 Å². The Bertz CT molecular complexity index is 144. The highest BCUT2D eigenvalue weighted by molar-refractivity contribution is 6.66. The van der Waals surface area contributed by atoms with E-state index in [0.29, 0.717) is 0 Å². The number of carbonyl (C=O) groups excluding carboxylic acids is 1. The molecule has 0 aliphatic rings. The average Bonchev–Trinajstić information content (AvgIpc) is 1.98. The Morgan fingerprint density at radius 1 is 1.42 bits per heavy atom. The van der Waals surface area contributed by atoms with Crippen molar-refractivity contribution in [1.82, 2.24) is 4.90 Å². The predicted molar refractivity (Wildman–Crippen MR) is 55.0 cm³/mol. The summed E-state index contributed by atoms with van der Waals surface area (Å²) in [5.41, 5.74) is 0. The first-order chi connectivity index (χ1) is 5.20. The number of likely N-dealkylation sites (N-methyl/N-ethyl adjacent to an activating group) is 1. The van der Waals surface area contributed by atoms with E-state index >= 15 is 0 Å². The molecule has 2 nitrogen and oxygen atoms in total. The molecule has 4 heteroatoms. The molecule has 0 amide bonds. The number of allylic oxidation sites excluding steroid dienone is 1. The van der Waals surface area contributed by atoms with Crippen LogP contribution in [0.1, 0.15) is 13.8 Å². The van der Waals surface area contributed by atoms with Crippen molar-refractivity contribution in [2.45, 2.75) is 13.8 Å². The van der Waals surface area contributed by atoms with Gasteiger partial charge in [-0.15, -0.1) is 12.4 Å². The van der Waals surface area contributed by atoms with E-state index in [1.807, 2.05) is 0 Å². The lowest BCUT2D eigenvalue weighted by Gasteiger charge is -2.14. The van der Waals surface area contributed by atoms with Crippen LogP contribution in [-0.4, -0.2) is 29.8 Å². The lowest BCUT2D eigenvalue weighted by atomic mass is 10.4. The van der Waals surface area contributed by atoms with Crippen LogP contribution < -0.4 is 0 Å². The van der Waals surface area contributed by atoms with Gasteiger partial charge in [-0.05, 0) is 30.8 Å². The average molecular weight is 212 g/mol. The Kier molecular flexibility index (Phi) is 10.9. The largest absolute Gasteiger partial charge is 0.300 e. The molecule has 12 heavy (non-hydrogen) atoms. The highest BCUT2D eigenvalue weighted by Crippen LogP contribution is 1.88. The molecule has 0 saturated heterocycles. The minimum Gasteiger partial charge on any atom is -0.300 e. The van der Waals surface area contributed by atoms with Gasteiger partial charge in [0.15, 0.2) is 0 Å². The molecule has 0 atom stereocenters. The zero-order valence-electron chi connectivity index (χ0n) is 7.42. The standard InChI is InChI=1S/C8H14ClNO.ClH/c1-3-10(4-2)7-5-6-8(9)11;/h5-6H,3-4,7H2,1-2H3;1H/b6-5+;. The highest BCUT2D eigenvalue weighted by Gasteiger charge is 1.93. The molecule has 0 fully saturated rings. The summed E-state index contributed by atoms with van der Waals surface area (Å²) < 4.78 is 0. The van der Waals surface area contributed by atoms with Crippen LogP contribution >= 0.6 is 24.0 Å². The molecule has 0 aliphatic heterocycles. The molecular formula is C8H15Cl2NO. The van der Waals surface area contributed by atoms with Crippen molar-refractivity contribution < 1.29 is 4.79 Å². The molecule has 0 spiro atoms. The zero-order valence-corrected chi connectivity index (χ0v) is 8.99. The minimum absolute atomic E-state index is 0. The fraction of sp³-hybridized carbons (Fsp3) is 0.625. The number of halogens is 2. The third-order valence-electron chi connectivity index (χ3n) is 1.51. The summed E-state index contributed by atoms with van der Waals surface area (Å²) in [5.74, 6) is 0. The SMILES string of the molecule is CCN(CC)C/C=C/C(=O)Cl.Cl. The summed E-state index contributed by atoms with van der Waals surface area (Å²) in [6.45, 7) is 6.96. The molecule has 0 heterocycles. The summed E-state index contributed by atoms with van der Waals surface area (Å²) in [5, 5.41) is -0.405. The fourth-order valence-corrected chi connectivity index (χ4v) is 0.865. The van der Waals surface area contributed by atoms with E-state index in [2.05, 4.69) is 18.7 Å². The summed E-state index contributed by atoms with van der Waals surface area (Å²) in [4.78, 5) is 12.5. The second-order valence-electron chi connectivity index (χ2n) is 2.19. The molecule has 0 radical (unpaired) electrons. The van der Waals surface area contributed by atoms with E-state index in [0.717, 1.165) is 19.6 Å². The van der Waals surface area contributed by atoms with Gasteiger partial charge in [0, 0.05) is 6.54 Å². The third kappa shape index (κ3) is 8.05. The highest BCUT2D eigenvalue weighted by atomic mass is 35.5. The number of hydrogen-bond acceptors (Lipinski definition) is 2. The van der Waals surface area contributed by atoms with Gasteiger partial charge in [-0.1, -0.05) is 19.9 Å². The molecule has 0 saturated carbocycles. The Balaban J connectivity index is 0. The molecule has 0 aromatic heterocycles. The summed E-state index contributed by atoms with van der Waals surface area (Å²) in [6.07, 6.45) is 3.17. The molecule has 0 rings (SSSR count). The first-order valence-electron chi connectivity index (χ1n) is 3.79. The van der Waals surface area contributed by atoms with E-state index in [9.17, 15) is 4.79 Å². The third-order valence-corrected chi connectivity index (χ3v) is 1.63. The quantitative estimate of drug-likeness (QED) is 0.513. The summed E-state index contributed by atoms with van der Waals surface area (Å²) in [6, 6.07) is 0. The summed E-state index contributed by atoms with van der Waals surface area (Å²) >= 11 is 5.10. The second kappa shape index (κ2) is 9.04. The van der Waals surface area contributed by atoms with Gasteiger partial charge in [0.1, 0.15) is 0 Å². The minimum atomic E-state index is -0.405. The monoisotopic (exact) mass is 211 g/mol. The van der Waals surface area contributed by atoms with Crippen LogP contribution in [0.2, 0.25) is 0 Å². The predicted octanol–water partition coefficient (Wildman–Crippen LogP) is 2.07. The van der Waals surface area contributed by atoms with E-state index in [1.165, 1.54) is 6.08 Å². The van der Waals surface area contributed by atoms with Crippen molar-refractivity contribution >= 4 is 29.3 Å². The van der Waals surface area contributed by atoms with Crippen LogP contribution in [0, 0.1) is 0 Å². The molecule has 0 unspecified atom stereocenters. The molecule has 0 aliphatic carbocycles. The Hall–Kier alpha value is -0.0500. The number of nitrogens with zero attached hydrogens (tertiary/aromatic N) is 1. The van der Waals surface area contributed by atoms with E-state index in [-0.39, 0.29) is 12.4 Å². The smallest absolute Gasteiger partial charge is 0.244 e. The van der Waals surface area contributed by atoms with Crippen LogP contribution in [-0.2, 0) is 4.79 Å². The van der Waals surface area contributed by atoms with Crippen LogP contribution in [0.5, 0.6) is 0 Å². The van der Waals surface area contributed by atoms with Crippen molar-refractivity contribution in [2.24, 2.45) is 0 Å². The van der Waals surface area contributed by atoms with Gasteiger partial charge in [-0.3, -0.25) is 4.79 Å². The molecule has 0 N–H and O–H groups in total. The van der Waals surface area contributed by atoms with Crippen LogP contribution in [0.4, 0.5) is 0 Å². The topological polar surface area (TPSA) is 20.3 Å². The van der Waals surface area contributed by atoms with Gasteiger partial charge >= 0.3 is 0 Å². The maximum absolute atomic E-state index is 10.3. The van der Waals surface area contributed by atoms with Crippen LogP contribution in [0.25, 0.3) is 0 Å². The molecular weight excluding hydrogens is 197 g/mol. The Morgan fingerprint density at radius 3 is 2.25 bits per heavy atom. The van der Waals surface area contributed by atoms with E-state index < -0.39 is 5.24 Å². The van der Waals surface area contributed by atoms with Crippen LogP contribution in [0.3, 0.4) is 0 Å². The zero-order chi connectivity index (χ0) is 8.69. The molecule has 0 aromatic carbocycles. The molecule has 72 valence electrons. The normalized spacial score (nSPS) is 10.3. The van der Waals surface area contributed by atoms with Gasteiger partial charge < -0.3 is 4.90 Å². The van der Waals surface area contributed by atoms with Gasteiger partial charge in [0.2, 0.25) is 5.24 Å². The number of carbonyl (C=O) groups is 1. The fourth-order valence-electron chi connectivity index (χ4n) is 0.776. The maximum Gasteiger partial charge on any atom is 0.244 e. The number of rotatable bonds is 5. The first-order valence-corrected chi connectivity index (χ1v) is 4.16. The lowest BCUT2D eigenvalue weighted by Crippen LogP contribution is -2.22. The molecule has 0 aromatic rings. The van der Waals surface area contributed by atoms with Gasteiger partial charge in [0.05, 0.1) is 0 Å². The van der Waals surface area contributed by atoms with E-state index in [4.69, 9.17) is 11.6 Å². The van der Waals surface area contributed by atoms with Crippen molar-refractivity contribution in [1.29, 1.82) is 0 Å². The Morgan fingerprint density at radius 2 is 1.92 bits per heavy atom. The summed E-state index contributed by atoms with van der Waals surface area (Å²) in [7, 11) is 0. The van der Waals surface area contributed by atoms with Crippen LogP contribution in [0.15, 0.2) is 12.2 Å². The van der Waals surface area contributed by atoms with Gasteiger partial charge in [-0.2, -0.15) is 0 Å². The van der Waals surface area contributed by atoms with Crippen molar-refractivity contribution in [3.05, 3.63) is 12.2 Å². The lowest BCUT2D eigenvalue weighted by molar-refractivity contribution is -0.107. The second-order valence-corrected chi connectivity index (χ2v) is 2.56. The molecule has 0 bridgehead atoms. The maximum atomic E-state index is 10.3. The van der Waals surface area contributed by atoms with Crippen molar-refractivity contribution in [3.63, 3.8) is 0 Å². The first kappa shape index (κ1) is 14.5. The van der Waals surface area contributed by atoms with Gasteiger partial charge in [-0.25, -0.2) is 0 Å². The number of hydrogen-bond donors (Lipinski definition) is 0. The van der Waals surface area contributed by atoms with Crippen molar-refractivity contribution in [3.8, 4) is 0 Å².